The normalized spacial score (nSPS) is 21.3. The van der Waals surface area contributed by atoms with Crippen LogP contribution in [0.5, 0.6) is 0 Å². The molecule has 3 rings (SSSR count). The Hall–Kier alpha value is -1.84. The summed E-state index contributed by atoms with van der Waals surface area (Å²) >= 11 is 0. The van der Waals surface area contributed by atoms with E-state index in [4.69, 9.17) is 0 Å². The molecule has 1 fully saturated rings. The molecule has 2 amide bonds. The van der Waals surface area contributed by atoms with E-state index in [1.54, 1.807) is 0 Å². The van der Waals surface area contributed by atoms with Gasteiger partial charge < -0.3 is 5.32 Å². The first kappa shape index (κ1) is 12.2. The van der Waals surface area contributed by atoms with Crippen LogP contribution in [0.1, 0.15) is 32.3 Å². The number of hydrogen-bond donors (Lipinski definition) is 1. The fourth-order valence-electron chi connectivity index (χ4n) is 2.81. The zero-order valence-corrected chi connectivity index (χ0v) is 11.3. The highest BCUT2D eigenvalue weighted by atomic mass is 16.2. The average Bonchev–Trinajstić information content (AvgIpc) is 2.58. The van der Waals surface area contributed by atoms with Crippen LogP contribution in [0.2, 0.25) is 0 Å². The first-order chi connectivity index (χ1) is 8.99. The second-order valence-corrected chi connectivity index (χ2v) is 5.97. The van der Waals surface area contributed by atoms with Gasteiger partial charge in [0.1, 0.15) is 0 Å². The number of anilines is 2. The molecule has 4 nitrogen and oxygen atoms in total. The van der Waals surface area contributed by atoms with Gasteiger partial charge in [-0.05, 0) is 36.6 Å². The quantitative estimate of drug-likeness (QED) is 0.786. The molecule has 2 aliphatic rings. The lowest BCUT2D eigenvalue weighted by atomic mass is 9.92. The van der Waals surface area contributed by atoms with Gasteiger partial charge in [0, 0.05) is 18.7 Å². The predicted molar refractivity (Wildman–Crippen MR) is 74.1 cm³/mol. The Kier molecular flexibility index (Phi) is 2.62. The molecule has 100 valence electrons. The number of benzene rings is 1. The Labute approximate surface area is 112 Å². The molecule has 0 aliphatic carbocycles. The van der Waals surface area contributed by atoms with Crippen LogP contribution < -0.4 is 10.2 Å². The van der Waals surface area contributed by atoms with Crippen LogP contribution in [-0.4, -0.2) is 18.4 Å². The van der Waals surface area contributed by atoms with Gasteiger partial charge in [0.2, 0.25) is 11.8 Å². The first-order valence-electron chi connectivity index (χ1n) is 6.73. The Balaban J connectivity index is 1.99. The molecule has 1 saturated heterocycles. The van der Waals surface area contributed by atoms with Gasteiger partial charge >= 0.3 is 0 Å². The van der Waals surface area contributed by atoms with Crippen LogP contribution in [0.25, 0.3) is 0 Å². The standard InChI is InChI=1S/C15H18N2O2/c1-15(2)9-13(18)17(14(15)19)11-5-6-12-10(8-11)4-3-7-16-12/h5-6,8,16H,3-4,7,9H2,1-2H3. The summed E-state index contributed by atoms with van der Waals surface area (Å²) in [7, 11) is 0. The van der Waals surface area contributed by atoms with Crippen molar-refractivity contribution in [3.63, 3.8) is 0 Å². The van der Waals surface area contributed by atoms with Crippen LogP contribution in [0.4, 0.5) is 11.4 Å². The fraction of sp³-hybridized carbons (Fsp3) is 0.467. The minimum Gasteiger partial charge on any atom is -0.385 e. The third kappa shape index (κ3) is 1.91. The first-order valence-corrected chi connectivity index (χ1v) is 6.73. The summed E-state index contributed by atoms with van der Waals surface area (Å²) in [5.41, 5.74) is 2.44. The number of nitrogens with zero attached hydrogens (tertiary/aromatic N) is 1. The van der Waals surface area contributed by atoms with Crippen molar-refractivity contribution in [1.29, 1.82) is 0 Å². The number of fused-ring (bicyclic) bond motifs is 1. The van der Waals surface area contributed by atoms with Gasteiger partial charge in [0.05, 0.1) is 11.1 Å². The molecule has 2 heterocycles. The van der Waals surface area contributed by atoms with E-state index in [2.05, 4.69) is 5.32 Å². The van der Waals surface area contributed by atoms with E-state index in [0.717, 1.165) is 25.1 Å². The van der Waals surface area contributed by atoms with Crippen LogP contribution >= 0.6 is 0 Å². The molecular formula is C15H18N2O2. The minimum absolute atomic E-state index is 0.0961. The number of imide groups is 1. The Morgan fingerprint density at radius 3 is 2.74 bits per heavy atom. The molecule has 0 bridgehead atoms. The van der Waals surface area contributed by atoms with E-state index in [-0.39, 0.29) is 11.8 Å². The SMILES string of the molecule is CC1(C)CC(=O)N(c2ccc3c(c2)CCCN3)C1=O. The molecule has 0 radical (unpaired) electrons. The Morgan fingerprint density at radius 2 is 2.05 bits per heavy atom. The number of amides is 2. The summed E-state index contributed by atoms with van der Waals surface area (Å²) < 4.78 is 0. The number of rotatable bonds is 1. The summed E-state index contributed by atoms with van der Waals surface area (Å²) in [5.74, 6) is -0.195. The number of carbonyl (C=O) groups excluding carboxylic acids is 2. The topological polar surface area (TPSA) is 49.4 Å². The average molecular weight is 258 g/mol. The van der Waals surface area contributed by atoms with Crippen LogP contribution in [0, 0.1) is 5.41 Å². The Bertz CT molecular complexity index is 563. The molecule has 19 heavy (non-hydrogen) atoms. The van der Waals surface area contributed by atoms with Crippen molar-refractivity contribution in [2.75, 3.05) is 16.8 Å². The van der Waals surface area contributed by atoms with E-state index in [9.17, 15) is 9.59 Å². The number of hydrogen-bond acceptors (Lipinski definition) is 3. The van der Waals surface area contributed by atoms with Gasteiger partial charge in [-0.15, -0.1) is 0 Å². The van der Waals surface area contributed by atoms with Crippen LogP contribution in [0.15, 0.2) is 18.2 Å². The zero-order valence-electron chi connectivity index (χ0n) is 11.3. The summed E-state index contributed by atoms with van der Waals surface area (Å²) in [5, 5.41) is 3.33. The molecule has 4 heteroatoms. The van der Waals surface area contributed by atoms with Crippen molar-refractivity contribution >= 4 is 23.2 Å². The van der Waals surface area contributed by atoms with Crippen molar-refractivity contribution in [2.45, 2.75) is 33.1 Å². The monoisotopic (exact) mass is 258 g/mol. The minimum atomic E-state index is -0.578. The molecule has 0 atom stereocenters. The van der Waals surface area contributed by atoms with Crippen molar-refractivity contribution in [1.82, 2.24) is 0 Å². The summed E-state index contributed by atoms with van der Waals surface area (Å²) in [6, 6.07) is 5.79. The number of carbonyl (C=O) groups is 2. The van der Waals surface area contributed by atoms with E-state index in [1.807, 2.05) is 32.0 Å². The van der Waals surface area contributed by atoms with E-state index >= 15 is 0 Å². The molecule has 1 aromatic rings. The third-order valence-electron chi connectivity index (χ3n) is 3.91. The third-order valence-corrected chi connectivity index (χ3v) is 3.91. The van der Waals surface area contributed by atoms with Crippen molar-refractivity contribution in [3.05, 3.63) is 23.8 Å². The summed E-state index contributed by atoms with van der Waals surface area (Å²) in [6.45, 7) is 4.64. The molecule has 0 spiro atoms. The lowest BCUT2D eigenvalue weighted by molar-refractivity contribution is -0.124. The molecular weight excluding hydrogens is 240 g/mol. The van der Waals surface area contributed by atoms with Gasteiger partial charge in [-0.1, -0.05) is 13.8 Å². The van der Waals surface area contributed by atoms with Gasteiger partial charge in [-0.3, -0.25) is 14.5 Å². The second-order valence-electron chi connectivity index (χ2n) is 5.97. The van der Waals surface area contributed by atoms with Gasteiger partial charge in [0.25, 0.3) is 0 Å². The number of nitrogens with one attached hydrogen (secondary N) is 1. The highest BCUT2D eigenvalue weighted by molar-refractivity contribution is 6.22. The number of aryl methyl sites for hydroxylation is 1. The smallest absolute Gasteiger partial charge is 0.239 e. The summed E-state index contributed by atoms with van der Waals surface area (Å²) in [6.07, 6.45) is 2.38. The van der Waals surface area contributed by atoms with E-state index < -0.39 is 5.41 Å². The van der Waals surface area contributed by atoms with Crippen molar-refractivity contribution in [2.24, 2.45) is 5.41 Å². The molecule has 1 N–H and O–H groups in total. The summed E-state index contributed by atoms with van der Waals surface area (Å²) in [4.78, 5) is 25.7. The maximum atomic E-state index is 12.3. The lowest BCUT2D eigenvalue weighted by Gasteiger charge is -2.22. The molecule has 0 unspecified atom stereocenters. The Morgan fingerprint density at radius 1 is 1.26 bits per heavy atom. The largest absolute Gasteiger partial charge is 0.385 e. The van der Waals surface area contributed by atoms with Gasteiger partial charge in [0.15, 0.2) is 0 Å². The second kappa shape index (κ2) is 4.08. The highest BCUT2D eigenvalue weighted by Gasteiger charge is 2.45. The fourth-order valence-corrected chi connectivity index (χ4v) is 2.81. The lowest BCUT2D eigenvalue weighted by Crippen LogP contribution is -2.33. The maximum absolute atomic E-state index is 12.3. The van der Waals surface area contributed by atoms with E-state index in [1.165, 1.54) is 10.5 Å². The zero-order chi connectivity index (χ0) is 13.6. The van der Waals surface area contributed by atoms with Crippen LogP contribution in [0.3, 0.4) is 0 Å². The highest BCUT2D eigenvalue weighted by Crippen LogP contribution is 2.36. The van der Waals surface area contributed by atoms with Gasteiger partial charge in [-0.25, -0.2) is 0 Å². The van der Waals surface area contributed by atoms with Crippen molar-refractivity contribution < 1.29 is 9.59 Å². The van der Waals surface area contributed by atoms with Crippen molar-refractivity contribution in [3.8, 4) is 0 Å². The molecule has 1 aromatic carbocycles. The maximum Gasteiger partial charge on any atom is 0.239 e. The van der Waals surface area contributed by atoms with Crippen LogP contribution in [-0.2, 0) is 16.0 Å². The van der Waals surface area contributed by atoms with E-state index in [0.29, 0.717) is 12.1 Å². The predicted octanol–water partition coefficient (Wildman–Crippen LogP) is 2.33. The molecule has 0 aromatic heterocycles. The molecule has 0 saturated carbocycles. The molecule has 2 aliphatic heterocycles. The van der Waals surface area contributed by atoms with Gasteiger partial charge in [-0.2, -0.15) is 0 Å².